The first-order chi connectivity index (χ1) is 17.9. The fourth-order valence-corrected chi connectivity index (χ4v) is 8.47. The Labute approximate surface area is 240 Å². The van der Waals surface area contributed by atoms with E-state index in [1.54, 1.807) is 13.8 Å². The zero-order valence-electron chi connectivity index (χ0n) is 26.4. The van der Waals surface area contributed by atoms with Gasteiger partial charge in [0, 0.05) is 50.7 Å². The van der Waals surface area contributed by atoms with Crippen molar-refractivity contribution in [2.75, 3.05) is 0 Å². The number of carbonyl (C=O) groups is 4. The molecule has 2 aliphatic rings. The normalized spacial score (nSPS) is 22.4. The molecule has 0 aromatic rings. The van der Waals surface area contributed by atoms with Crippen LogP contribution in [0.25, 0.3) is 0 Å². The summed E-state index contributed by atoms with van der Waals surface area (Å²) in [6.07, 6.45) is 1.60. The number of aliphatic carboxylic acids is 2. The third-order valence-electron chi connectivity index (χ3n) is 9.35. The first-order valence-corrected chi connectivity index (χ1v) is 14.4. The van der Waals surface area contributed by atoms with E-state index in [2.05, 4.69) is 13.2 Å². The smallest absolute Gasteiger partial charge is 0.249 e. The van der Waals surface area contributed by atoms with Gasteiger partial charge in [-0.2, -0.15) is 0 Å². The summed E-state index contributed by atoms with van der Waals surface area (Å²) in [6, 6.07) is 0. The highest BCUT2D eigenvalue weighted by Gasteiger charge is 2.59. The van der Waals surface area contributed by atoms with Crippen LogP contribution in [0.4, 0.5) is 0 Å². The fraction of sp³-hybridized carbons (Fsp3) is 0.750. The van der Waals surface area contributed by atoms with E-state index in [0.717, 1.165) is 0 Å². The molecule has 2 fully saturated rings. The number of hydrogen-bond donors (Lipinski definition) is 0. The van der Waals surface area contributed by atoms with Crippen LogP contribution in [-0.4, -0.2) is 55.7 Å². The topological polar surface area (TPSA) is 121 Å². The molecular weight excluding hydrogens is 508 g/mol. The maximum absolute atomic E-state index is 13.5. The molecule has 0 saturated carbocycles. The number of amides is 2. The highest BCUT2D eigenvalue weighted by molar-refractivity contribution is 5.94. The van der Waals surface area contributed by atoms with Gasteiger partial charge < -0.3 is 29.6 Å². The Balaban J connectivity index is 2.72. The predicted molar refractivity (Wildman–Crippen MR) is 151 cm³/mol. The Morgan fingerprint density at radius 1 is 0.700 bits per heavy atom. The quantitative estimate of drug-likeness (QED) is 0.400. The van der Waals surface area contributed by atoms with Crippen LogP contribution in [0.5, 0.6) is 0 Å². The lowest BCUT2D eigenvalue weighted by Gasteiger charge is -2.64. The molecule has 0 N–H and O–H groups in total. The molecule has 2 heterocycles. The maximum atomic E-state index is 13.5. The van der Waals surface area contributed by atoms with Gasteiger partial charge in [0.05, 0.1) is 0 Å². The van der Waals surface area contributed by atoms with Gasteiger partial charge in [-0.05, 0) is 126 Å². The Morgan fingerprint density at radius 2 is 1.00 bits per heavy atom. The Kier molecular flexibility index (Phi) is 9.21. The minimum Gasteiger partial charge on any atom is -0.550 e. The number of hydrogen-bond acceptors (Lipinski definition) is 6. The average Bonchev–Trinajstić information content (AvgIpc) is 2.72. The fourth-order valence-electron chi connectivity index (χ4n) is 8.47. The number of carboxylic acid groups (broad SMARTS) is 2. The van der Waals surface area contributed by atoms with Crippen molar-refractivity contribution in [1.82, 2.24) is 9.80 Å². The summed E-state index contributed by atoms with van der Waals surface area (Å²) in [7, 11) is 0. The summed E-state index contributed by atoms with van der Waals surface area (Å²) in [4.78, 5) is 55.1. The lowest BCUT2D eigenvalue weighted by atomic mass is 9.52. The molecule has 0 unspecified atom stereocenters. The zero-order chi connectivity index (χ0) is 31.2. The predicted octanol–water partition coefficient (Wildman–Crippen LogP) is 3.39. The van der Waals surface area contributed by atoms with Crippen molar-refractivity contribution in [3.8, 4) is 0 Å². The van der Waals surface area contributed by atoms with Gasteiger partial charge in [-0.15, -0.1) is 0 Å². The molecule has 2 rings (SSSR count). The molecule has 2 aliphatic heterocycles. The summed E-state index contributed by atoms with van der Waals surface area (Å²) in [6.45, 7) is 26.7. The van der Waals surface area contributed by atoms with Gasteiger partial charge in [-0.3, -0.25) is 9.59 Å². The summed E-state index contributed by atoms with van der Waals surface area (Å²) >= 11 is 0. The molecule has 8 heteroatoms. The van der Waals surface area contributed by atoms with Crippen molar-refractivity contribution in [2.24, 2.45) is 17.3 Å². The van der Waals surface area contributed by atoms with Crippen molar-refractivity contribution >= 4 is 23.8 Å². The second-order valence-corrected chi connectivity index (χ2v) is 14.9. The van der Waals surface area contributed by atoms with Crippen molar-refractivity contribution in [2.45, 2.75) is 136 Å². The van der Waals surface area contributed by atoms with Crippen LogP contribution < -0.4 is 10.2 Å². The SMILES string of the molecule is C=C(C)C(=O)N1C(C)(C)CC(C(CCCC(=O)[O-])(C(=O)[O-])C2CC(C)(C)N(C(=O)C(=C)C)C(C)(C)C2)CC1(C)C. The summed E-state index contributed by atoms with van der Waals surface area (Å²) in [5, 5.41) is 24.9. The zero-order valence-corrected chi connectivity index (χ0v) is 26.4. The Morgan fingerprint density at radius 3 is 1.23 bits per heavy atom. The molecule has 0 aliphatic carbocycles. The molecule has 0 spiro atoms. The third kappa shape index (κ3) is 6.15. The van der Waals surface area contributed by atoms with Crippen molar-refractivity contribution < 1.29 is 29.4 Å². The molecular formula is C32H50N2O6-2. The van der Waals surface area contributed by atoms with Gasteiger partial charge in [0.15, 0.2) is 0 Å². The second-order valence-electron chi connectivity index (χ2n) is 14.9. The van der Waals surface area contributed by atoms with Crippen LogP contribution in [0, 0.1) is 17.3 Å². The van der Waals surface area contributed by atoms with Gasteiger partial charge >= 0.3 is 0 Å². The number of rotatable bonds is 9. The van der Waals surface area contributed by atoms with Crippen LogP contribution in [0.2, 0.25) is 0 Å². The summed E-state index contributed by atoms with van der Waals surface area (Å²) < 4.78 is 0. The molecule has 40 heavy (non-hydrogen) atoms. The van der Waals surface area contributed by atoms with Gasteiger partial charge in [-0.1, -0.05) is 13.2 Å². The first-order valence-electron chi connectivity index (χ1n) is 14.4. The van der Waals surface area contributed by atoms with E-state index in [1.165, 1.54) is 0 Å². The molecule has 0 radical (unpaired) electrons. The molecule has 0 aromatic heterocycles. The van der Waals surface area contributed by atoms with E-state index < -0.39 is 51.3 Å². The van der Waals surface area contributed by atoms with E-state index >= 15 is 0 Å². The Bertz CT molecular complexity index is 981. The van der Waals surface area contributed by atoms with Crippen molar-refractivity contribution in [3.63, 3.8) is 0 Å². The number of piperidine rings is 2. The molecule has 0 atom stereocenters. The standard InChI is InChI=1S/C32H52N2O6/c1-20(2)25(37)33-28(5,6)16-22(17-29(33,7)8)32(27(39)40,15-13-14-24(35)36)23-18-30(9,10)34(26(38)21(3)4)31(11,12)19-23/h22-23H,1,3,13-19H2,2,4-12H3,(H,35,36)(H,39,40)/p-2. The van der Waals surface area contributed by atoms with E-state index in [1.807, 2.05) is 65.2 Å². The van der Waals surface area contributed by atoms with E-state index in [0.29, 0.717) is 36.8 Å². The number of carboxylic acids is 2. The number of carbonyl (C=O) groups excluding carboxylic acids is 4. The van der Waals surface area contributed by atoms with Crippen LogP contribution in [0.1, 0.15) is 114 Å². The molecule has 8 nitrogen and oxygen atoms in total. The largest absolute Gasteiger partial charge is 0.550 e. The van der Waals surface area contributed by atoms with E-state index in [9.17, 15) is 29.4 Å². The summed E-state index contributed by atoms with van der Waals surface area (Å²) in [5.41, 5.74) is -3.33. The number of nitrogens with zero attached hydrogens (tertiary/aromatic N) is 2. The van der Waals surface area contributed by atoms with Crippen LogP contribution in [0.3, 0.4) is 0 Å². The lowest BCUT2D eigenvalue weighted by molar-refractivity contribution is -0.330. The molecule has 2 amide bonds. The lowest BCUT2D eigenvalue weighted by Crippen LogP contribution is -2.69. The van der Waals surface area contributed by atoms with Crippen LogP contribution in [0.15, 0.2) is 24.3 Å². The highest BCUT2D eigenvalue weighted by Crippen LogP contribution is 2.58. The summed E-state index contributed by atoms with van der Waals surface area (Å²) in [5.74, 6) is -3.57. The van der Waals surface area contributed by atoms with Gasteiger partial charge in [0.1, 0.15) is 0 Å². The number of likely N-dealkylation sites (tertiary alicyclic amines) is 2. The molecule has 0 bridgehead atoms. The van der Waals surface area contributed by atoms with Gasteiger partial charge in [0.25, 0.3) is 0 Å². The first kappa shape index (κ1) is 33.6. The Hall–Kier alpha value is -2.64. The average molecular weight is 559 g/mol. The van der Waals surface area contributed by atoms with E-state index in [4.69, 9.17) is 0 Å². The molecule has 2 saturated heterocycles. The van der Waals surface area contributed by atoms with Crippen molar-refractivity contribution in [3.05, 3.63) is 24.3 Å². The monoisotopic (exact) mass is 558 g/mol. The van der Waals surface area contributed by atoms with Gasteiger partial charge in [-0.25, -0.2) is 0 Å². The molecule has 226 valence electrons. The second kappa shape index (κ2) is 11.0. The highest BCUT2D eigenvalue weighted by atomic mass is 16.4. The maximum Gasteiger partial charge on any atom is 0.249 e. The van der Waals surface area contributed by atoms with Crippen molar-refractivity contribution in [1.29, 1.82) is 0 Å². The third-order valence-corrected chi connectivity index (χ3v) is 9.35. The minimum atomic E-state index is -1.38. The van der Waals surface area contributed by atoms with Crippen LogP contribution in [-0.2, 0) is 19.2 Å². The van der Waals surface area contributed by atoms with Gasteiger partial charge in [0.2, 0.25) is 11.8 Å². The van der Waals surface area contributed by atoms with Crippen LogP contribution >= 0.6 is 0 Å². The van der Waals surface area contributed by atoms with E-state index in [-0.39, 0.29) is 31.1 Å². The minimum absolute atomic E-state index is 0.111. The molecule has 0 aromatic carbocycles.